The van der Waals surface area contributed by atoms with Gasteiger partial charge in [0.25, 0.3) is 0 Å². The first-order valence-electron chi connectivity index (χ1n) is 4.69. The lowest BCUT2D eigenvalue weighted by Crippen LogP contribution is -2.41. The van der Waals surface area contributed by atoms with Gasteiger partial charge in [-0.25, -0.2) is 4.98 Å². The second-order valence-corrected chi connectivity index (χ2v) is 5.66. The lowest BCUT2D eigenvalue weighted by molar-refractivity contribution is -0.139. The summed E-state index contributed by atoms with van der Waals surface area (Å²) in [5.74, 6) is 0.0952. The Labute approximate surface area is 96.1 Å². The number of aliphatic carboxylic acids is 1. The predicted octanol–water partition coefficient (Wildman–Crippen LogP) is 1.63. The number of nitrogens with zero attached hydrogens (tertiary/aromatic N) is 1. The summed E-state index contributed by atoms with van der Waals surface area (Å²) in [6.07, 6.45) is 0.680. The summed E-state index contributed by atoms with van der Waals surface area (Å²) >= 11 is 3.32. The Bertz CT molecular complexity index is 367. The lowest BCUT2D eigenvalue weighted by atomic mass is 10.2. The fourth-order valence-electron chi connectivity index (χ4n) is 1.48. The summed E-state index contributed by atoms with van der Waals surface area (Å²) in [4.78, 5) is 15.2. The number of aryl methyl sites for hydroxylation is 1. The molecule has 1 aromatic heterocycles. The maximum atomic E-state index is 10.8. The molecule has 0 radical (unpaired) electrons. The first kappa shape index (κ1) is 10.9. The zero-order chi connectivity index (χ0) is 10.8. The number of carboxylic acids is 1. The number of rotatable bonds is 2. The molecule has 0 saturated carbocycles. The van der Waals surface area contributed by atoms with Crippen LogP contribution in [0.3, 0.4) is 0 Å². The van der Waals surface area contributed by atoms with E-state index in [1.54, 1.807) is 23.1 Å². The van der Waals surface area contributed by atoms with Gasteiger partial charge in [-0.05, 0) is 19.1 Å². The minimum Gasteiger partial charge on any atom is -0.480 e. The average Bonchev–Trinajstić information content (AvgIpc) is 2.65. The van der Waals surface area contributed by atoms with Crippen molar-refractivity contribution in [1.29, 1.82) is 0 Å². The summed E-state index contributed by atoms with van der Waals surface area (Å²) in [6, 6.07) is -0.432. The van der Waals surface area contributed by atoms with Gasteiger partial charge in [-0.3, -0.25) is 10.1 Å². The molecule has 4 nitrogen and oxygen atoms in total. The van der Waals surface area contributed by atoms with Gasteiger partial charge < -0.3 is 5.11 Å². The van der Waals surface area contributed by atoms with Gasteiger partial charge in [0.1, 0.15) is 6.04 Å². The van der Waals surface area contributed by atoms with E-state index in [-0.39, 0.29) is 5.37 Å². The highest BCUT2D eigenvalue weighted by Crippen LogP contribution is 2.31. The topological polar surface area (TPSA) is 62.2 Å². The van der Waals surface area contributed by atoms with Crippen LogP contribution in [0.1, 0.15) is 22.5 Å². The smallest absolute Gasteiger partial charge is 0.320 e. The highest BCUT2D eigenvalue weighted by Gasteiger charge is 2.28. The maximum Gasteiger partial charge on any atom is 0.320 e. The number of carboxylic acid groups (broad SMARTS) is 1. The Morgan fingerprint density at radius 2 is 2.53 bits per heavy atom. The van der Waals surface area contributed by atoms with Crippen LogP contribution in [0.25, 0.3) is 0 Å². The number of thioether (sulfide) groups is 1. The monoisotopic (exact) mass is 244 g/mol. The first-order valence-corrected chi connectivity index (χ1v) is 6.62. The van der Waals surface area contributed by atoms with Crippen molar-refractivity contribution in [3.05, 3.63) is 16.1 Å². The SMILES string of the molecule is Cc1nc(C2NC(C(=O)O)CCS2)cs1. The molecular weight excluding hydrogens is 232 g/mol. The molecule has 0 bridgehead atoms. The number of thiazole rings is 1. The van der Waals surface area contributed by atoms with Crippen LogP contribution in [-0.4, -0.2) is 27.9 Å². The van der Waals surface area contributed by atoms with Crippen molar-refractivity contribution in [2.24, 2.45) is 0 Å². The third-order valence-corrected chi connectivity index (χ3v) is 4.22. The van der Waals surface area contributed by atoms with Crippen LogP contribution in [0.15, 0.2) is 5.38 Å². The van der Waals surface area contributed by atoms with Gasteiger partial charge in [0, 0.05) is 5.38 Å². The lowest BCUT2D eigenvalue weighted by Gasteiger charge is -2.26. The fraction of sp³-hybridized carbons (Fsp3) is 0.556. The molecule has 6 heteroatoms. The summed E-state index contributed by atoms with van der Waals surface area (Å²) < 4.78 is 0. The molecule has 2 atom stereocenters. The molecule has 1 aliphatic rings. The number of aromatic nitrogens is 1. The van der Waals surface area contributed by atoms with Crippen LogP contribution in [0, 0.1) is 6.92 Å². The van der Waals surface area contributed by atoms with Crippen molar-refractivity contribution in [2.75, 3.05) is 5.75 Å². The van der Waals surface area contributed by atoms with Crippen molar-refractivity contribution >= 4 is 29.1 Å². The minimum absolute atomic E-state index is 0.0322. The fourth-order valence-corrected chi connectivity index (χ4v) is 3.37. The van der Waals surface area contributed by atoms with Gasteiger partial charge >= 0.3 is 5.97 Å². The summed E-state index contributed by atoms with van der Waals surface area (Å²) in [5.41, 5.74) is 0.952. The molecule has 82 valence electrons. The third-order valence-electron chi connectivity index (χ3n) is 2.25. The largest absolute Gasteiger partial charge is 0.480 e. The van der Waals surface area contributed by atoms with E-state index in [0.29, 0.717) is 6.42 Å². The molecule has 0 aliphatic carbocycles. The summed E-state index contributed by atoms with van der Waals surface area (Å²) in [7, 11) is 0. The molecule has 2 N–H and O–H groups in total. The van der Waals surface area contributed by atoms with Gasteiger partial charge in [-0.2, -0.15) is 0 Å². The van der Waals surface area contributed by atoms with E-state index in [9.17, 15) is 4.79 Å². The third kappa shape index (κ3) is 2.50. The molecule has 2 rings (SSSR count). The molecule has 15 heavy (non-hydrogen) atoms. The van der Waals surface area contributed by atoms with Crippen LogP contribution in [0.4, 0.5) is 0 Å². The minimum atomic E-state index is -0.771. The van der Waals surface area contributed by atoms with Crippen LogP contribution >= 0.6 is 23.1 Å². The Balaban J connectivity index is 2.07. The van der Waals surface area contributed by atoms with E-state index in [0.717, 1.165) is 16.5 Å². The van der Waals surface area contributed by atoms with E-state index in [4.69, 9.17) is 5.11 Å². The van der Waals surface area contributed by atoms with Gasteiger partial charge in [-0.15, -0.1) is 23.1 Å². The highest BCUT2D eigenvalue weighted by molar-refractivity contribution is 7.99. The molecule has 1 aliphatic heterocycles. The maximum absolute atomic E-state index is 10.8. The first-order chi connectivity index (χ1) is 7.16. The molecule has 0 amide bonds. The molecular formula is C9H12N2O2S2. The molecule has 1 fully saturated rings. The van der Waals surface area contributed by atoms with E-state index in [1.807, 2.05) is 12.3 Å². The number of hydrogen-bond acceptors (Lipinski definition) is 5. The zero-order valence-electron chi connectivity index (χ0n) is 8.27. The Morgan fingerprint density at radius 1 is 1.73 bits per heavy atom. The van der Waals surface area contributed by atoms with Crippen LogP contribution in [0.5, 0.6) is 0 Å². The second-order valence-electron chi connectivity index (χ2n) is 3.39. The number of nitrogens with one attached hydrogen (secondary N) is 1. The van der Waals surface area contributed by atoms with Crippen molar-refractivity contribution in [2.45, 2.75) is 24.8 Å². The van der Waals surface area contributed by atoms with Gasteiger partial charge in [0.2, 0.25) is 0 Å². The summed E-state index contributed by atoms with van der Waals surface area (Å²) in [5, 5.41) is 15.0. The number of hydrogen-bond donors (Lipinski definition) is 2. The van der Waals surface area contributed by atoms with Gasteiger partial charge in [0.15, 0.2) is 0 Å². The Kier molecular flexibility index (Phi) is 3.28. The number of carbonyl (C=O) groups is 1. The molecule has 0 aromatic carbocycles. The molecule has 1 aromatic rings. The second kappa shape index (κ2) is 4.51. The standard InChI is InChI=1S/C9H12N2O2S2/c1-5-10-7(4-15-5)8-11-6(9(12)13)2-3-14-8/h4,6,8,11H,2-3H2,1H3,(H,12,13). The van der Waals surface area contributed by atoms with Crippen molar-refractivity contribution < 1.29 is 9.90 Å². The van der Waals surface area contributed by atoms with Gasteiger partial charge in [0.05, 0.1) is 16.1 Å². The predicted molar refractivity (Wildman–Crippen MR) is 61.2 cm³/mol. The normalized spacial score (nSPS) is 26.5. The van der Waals surface area contributed by atoms with Crippen molar-refractivity contribution in [1.82, 2.24) is 10.3 Å². The Morgan fingerprint density at radius 3 is 3.13 bits per heavy atom. The van der Waals surface area contributed by atoms with Crippen LogP contribution < -0.4 is 5.32 Å². The highest BCUT2D eigenvalue weighted by atomic mass is 32.2. The van der Waals surface area contributed by atoms with E-state index in [1.165, 1.54) is 0 Å². The van der Waals surface area contributed by atoms with Crippen LogP contribution in [0.2, 0.25) is 0 Å². The molecule has 1 saturated heterocycles. The average molecular weight is 244 g/mol. The van der Waals surface area contributed by atoms with E-state index in [2.05, 4.69) is 10.3 Å². The Hall–Kier alpha value is -0.590. The van der Waals surface area contributed by atoms with Crippen molar-refractivity contribution in [3.8, 4) is 0 Å². The molecule has 0 spiro atoms. The van der Waals surface area contributed by atoms with E-state index < -0.39 is 12.0 Å². The van der Waals surface area contributed by atoms with E-state index >= 15 is 0 Å². The summed E-state index contributed by atoms with van der Waals surface area (Å²) in [6.45, 7) is 1.95. The van der Waals surface area contributed by atoms with Gasteiger partial charge in [-0.1, -0.05) is 0 Å². The molecule has 2 unspecified atom stereocenters. The zero-order valence-corrected chi connectivity index (χ0v) is 9.90. The van der Waals surface area contributed by atoms with Crippen LogP contribution in [-0.2, 0) is 4.79 Å². The van der Waals surface area contributed by atoms with Crippen molar-refractivity contribution in [3.63, 3.8) is 0 Å². The quantitative estimate of drug-likeness (QED) is 0.828. The molecule has 2 heterocycles.